The van der Waals surface area contributed by atoms with Crippen molar-refractivity contribution in [1.82, 2.24) is 9.97 Å². The second-order valence-electron chi connectivity index (χ2n) is 6.72. The number of carbonyl (C=O) groups is 1. The monoisotopic (exact) mass is 344 g/mol. The smallest absolute Gasteiger partial charge is 0.411 e. The molecule has 7 heteroatoms. The summed E-state index contributed by atoms with van der Waals surface area (Å²) in [7, 11) is 0. The van der Waals surface area contributed by atoms with Gasteiger partial charge in [-0.25, -0.2) is 9.78 Å². The second-order valence-corrected chi connectivity index (χ2v) is 6.72. The van der Waals surface area contributed by atoms with Crippen LogP contribution >= 0.6 is 0 Å². The third kappa shape index (κ3) is 6.04. The normalized spacial score (nSPS) is 13.3. The highest BCUT2D eigenvalue weighted by molar-refractivity contribution is 5.68. The van der Waals surface area contributed by atoms with Crippen LogP contribution in [-0.2, 0) is 0 Å². The van der Waals surface area contributed by atoms with Gasteiger partial charge in [-0.05, 0) is 37.5 Å². The van der Waals surface area contributed by atoms with Gasteiger partial charge in [0, 0.05) is 23.4 Å². The molecule has 25 heavy (non-hydrogen) atoms. The molecule has 1 amide bonds. The molecule has 1 atom stereocenters. The zero-order valence-electron chi connectivity index (χ0n) is 14.7. The topological polar surface area (TPSA) is 113 Å². The molecule has 134 valence electrons. The third-order valence-electron chi connectivity index (χ3n) is 3.42. The van der Waals surface area contributed by atoms with Gasteiger partial charge in [0.25, 0.3) is 0 Å². The molecule has 0 bridgehead atoms. The molecule has 2 heterocycles. The predicted octanol–water partition coefficient (Wildman–Crippen LogP) is 2.74. The lowest BCUT2D eigenvalue weighted by atomic mass is 9.93. The van der Waals surface area contributed by atoms with Crippen LogP contribution in [0.4, 0.5) is 4.79 Å². The average Bonchev–Trinajstić information content (AvgIpc) is 2.52. The molecule has 2 aromatic heterocycles. The summed E-state index contributed by atoms with van der Waals surface area (Å²) in [6.07, 6.45) is 3.12. The fourth-order valence-electron chi connectivity index (χ4n) is 2.60. The number of carbonyl (C=O) groups excluding carboxylic acids is 1. The number of aromatic nitrogens is 2. The molecule has 2 rings (SSSR count). The van der Waals surface area contributed by atoms with E-state index in [4.69, 9.17) is 20.9 Å². The number of primary amides is 1. The average molecular weight is 344 g/mol. The van der Waals surface area contributed by atoms with Crippen LogP contribution in [0.25, 0.3) is 11.3 Å². The van der Waals surface area contributed by atoms with Gasteiger partial charge in [0.2, 0.25) is 5.88 Å². The standard InChI is InChI=1S/C18H24N4O3/c1-12(2)9-18(3,20)11-24-14-4-5-15(22-10-14)13-6-7-21-16(8-13)25-17(19)23/h4-8,10,12H,9,11,20H2,1-3H3,(H2,19,23). The van der Waals surface area contributed by atoms with E-state index in [2.05, 4.69) is 23.8 Å². The van der Waals surface area contributed by atoms with Gasteiger partial charge in [0.05, 0.1) is 11.9 Å². The van der Waals surface area contributed by atoms with Gasteiger partial charge in [0.1, 0.15) is 12.4 Å². The van der Waals surface area contributed by atoms with Crippen molar-refractivity contribution < 1.29 is 14.3 Å². The molecule has 0 radical (unpaired) electrons. The Kier molecular flexibility index (Phi) is 5.93. The van der Waals surface area contributed by atoms with Crippen LogP contribution in [0.15, 0.2) is 36.7 Å². The maximum Gasteiger partial charge on any atom is 0.411 e. The Balaban J connectivity index is 2.03. The minimum absolute atomic E-state index is 0.125. The van der Waals surface area contributed by atoms with E-state index in [0.29, 0.717) is 24.0 Å². The molecule has 0 aliphatic rings. The molecule has 0 aliphatic carbocycles. The molecule has 0 saturated heterocycles. The number of hydrogen-bond donors (Lipinski definition) is 2. The lowest BCUT2D eigenvalue weighted by molar-refractivity contribution is 0.206. The summed E-state index contributed by atoms with van der Waals surface area (Å²) in [4.78, 5) is 19.1. The first-order chi connectivity index (χ1) is 11.7. The second kappa shape index (κ2) is 7.94. The third-order valence-corrected chi connectivity index (χ3v) is 3.42. The molecule has 0 spiro atoms. The van der Waals surface area contributed by atoms with Crippen molar-refractivity contribution in [2.45, 2.75) is 32.7 Å². The molecular weight excluding hydrogens is 320 g/mol. The fourth-order valence-corrected chi connectivity index (χ4v) is 2.60. The van der Waals surface area contributed by atoms with Crippen molar-refractivity contribution in [3.63, 3.8) is 0 Å². The summed E-state index contributed by atoms with van der Waals surface area (Å²) in [5, 5.41) is 0. The Bertz CT molecular complexity index is 715. The van der Waals surface area contributed by atoms with Crippen molar-refractivity contribution in [2.24, 2.45) is 17.4 Å². The van der Waals surface area contributed by atoms with Gasteiger partial charge in [-0.2, -0.15) is 0 Å². The highest BCUT2D eigenvalue weighted by Gasteiger charge is 2.21. The van der Waals surface area contributed by atoms with E-state index < -0.39 is 6.09 Å². The number of nitrogens with two attached hydrogens (primary N) is 2. The highest BCUT2D eigenvalue weighted by Crippen LogP contribution is 2.23. The molecule has 0 fully saturated rings. The number of ether oxygens (including phenoxy) is 2. The number of rotatable bonds is 7. The number of hydrogen-bond acceptors (Lipinski definition) is 6. The number of amides is 1. The van der Waals surface area contributed by atoms with E-state index >= 15 is 0 Å². The maximum atomic E-state index is 10.8. The van der Waals surface area contributed by atoms with Crippen LogP contribution in [-0.4, -0.2) is 28.2 Å². The molecule has 0 aliphatic heterocycles. The van der Waals surface area contributed by atoms with Crippen LogP contribution in [0.2, 0.25) is 0 Å². The zero-order chi connectivity index (χ0) is 18.4. The molecule has 7 nitrogen and oxygen atoms in total. The summed E-state index contributed by atoms with van der Waals surface area (Å²) in [6.45, 7) is 6.66. The van der Waals surface area contributed by atoms with Crippen molar-refractivity contribution in [1.29, 1.82) is 0 Å². The van der Waals surface area contributed by atoms with Crippen molar-refractivity contribution >= 4 is 6.09 Å². The predicted molar refractivity (Wildman–Crippen MR) is 95.2 cm³/mol. The van der Waals surface area contributed by atoms with Gasteiger partial charge >= 0.3 is 6.09 Å². The Morgan fingerprint density at radius 3 is 2.64 bits per heavy atom. The lowest BCUT2D eigenvalue weighted by Gasteiger charge is -2.26. The van der Waals surface area contributed by atoms with Crippen LogP contribution in [0.1, 0.15) is 27.2 Å². The minimum atomic E-state index is -0.910. The van der Waals surface area contributed by atoms with E-state index in [1.54, 1.807) is 18.3 Å². The number of pyridine rings is 2. The van der Waals surface area contributed by atoms with Gasteiger partial charge < -0.3 is 20.9 Å². The first kappa shape index (κ1) is 18.7. The highest BCUT2D eigenvalue weighted by atomic mass is 16.6. The summed E-state index contributed by atoms with van der Waals surface area (Å²) in [5.74, 6) is 1.27. The Hall–Kier alpha value is -2.67. The van der Waals surface area contributed by atoms with E-state index in [9.17, 15) is 4.79 Å². The quantitative estimate of drug-likeness (QED) is 0.798. The van der Waals surface area contributed by atoms with Gasteiger partial charge in [-0.1, -0.05) is 13.8 Å². The van der Waals surface area contributed by atoms with Gasteiger partial charge in [0.15, 0.2) is 0 Å². The van der Waals surface area contributed by atoms with E-state index in [1.807, 2.05) is 19.1 Å². The van der Waals surface area contributed by atoms with Gasteiger partial charge in [-0.3, -0.25) is 4.98 Å². The van der Waals surface area contributed by atoms with Crippen LogP contribution in [0.3, 0.4) is 0 Å². The largest absolute Gasteiger partial charge is 0.490 e. The first-order valence-electron chi connectivity index (χ1n) is 8.06. The summed E-state index contributed by atoms with van der Waals surface area (Å²) in [5.41, 5.74) is 12.3. The van der Waals surface area contributed by atoms with Gasteiger partial charge in [-0.15, -0.1) is 0 Å². The summed E-state index contributed by atoms with van der Waals surface area (Å²) < 4.78 is 10.5. The molecule has 0 aromatic carbocycles. The molecule has 2 aromatic rings. The lowest BCUT2D eigenvalue weighted by Crippen LogP contribution is -2.43. The number of nitrogens with zero attached hydrogens (tertiary/aromatic N) is 2. The molecule has 4 N–H and O–H groups in total. The summed E-state index contributed by atoms with van der Waals surface area (Å²) in [6, 6.07) is 6.99. The van der Waals surface area contributed by atoms with Crippen molar-refractivity contribution in [3.8, 4) is 22.9 Å². The van der Waals surface area contributed by atoms with Crippen LogP contribution in [0, 0.1) is 5.92 Å². The van der Waals surface area contributed by atoms with E-state index in [-0.39, 0.29) is 11.4 Å². The first-order valence-corrected chi connectivity index (χ1v) is 8.06. The molecule has 1 unspecified atom stereocenters. The van der Waals surface area contributed by atoms with E-state index in [1.165, 1.54) is 6.20 Å². The Morgan fingerprint density at radius 2 is 2.04 bits per heavy atom. The minimum Gasteiger partial charge on any atom is -0.490 e. The van der Waals surface area contributed by atoms with Crippen LogP contribution < -0.4 is 20.9 Å². The maximum absolute atomic E-state index is 10.8. The fraction of sp³-hybridized carbons (Fsp3) is 0.389. The molecular formula is C18H24N4O3. The summed E-state index contributed by atoms with van der Waals surface area (Å²) >= 11 is 0. The van der Waals surface area contributed by atoms with Crippen molar-refractivity contribution in [2.75, 3.05) is 6.61 Å². The van der Waals surface area contributed by atoms with Crippen molar-refractivity contribution in [3.05, 3.63) is 36.7 Å². The van der Waals surface area contributed by atoms with Crippen LogP contribution in [0.5, 0.6) is 11.6 Å². The SMILES string of the molecule is CC(C)CC(C)(N)COc1ccc(-c2ccnc(OC(N)=O)c2)nc1. The molecule has 0 saturated carbocycles. The zero-order valence-corrected chi connectivity index (χ0v) is 14.7. The van der Waals surface area contributed by atoms with E-state index in [0.717, 1.165) is 12.0 Å². The Labute approximate surface area is 147 Å². The Morgan fingerprint density at radius 1 is 1.28 bits per heavy atom.